The van der Waals surface area contributed by atoms with Crippen LogP contribution in [-0.4, -0.2) is 28.8 Å². The van der Waals surface area contributed by atoms with E-state index in [1.54, 1.807) is 40.2 Å². The summed E-state index contributed by atoms with van der Waals surface area (Å²) in [6.45, 7) is 1.45. The fourth-order valence-corrected chi connectivity index (χ4v) is 4.46. The van der Waals surface area contributed by atoms with E-state index in [1.807, 2.05) is 42.5 Å². The standard InChI is InChI=1S/C27H26F2N4O2/c28-25-22(21-17-31-33(18-21)24-8-4-5-15-35-24)9-10-23(26(25)29)32-13-11-20(12-14-32)27(34)30-16-19-6-2-1-3-7-19/h1-10,15,17-18,20,24H,11-14,16H2,(H,30,34). The van der Waals surface area contributed by atoms with Gasteiger partial charge in [-0.15, -0.1) is 0 Å². The van der Waals surface area contributed by atoms with Gasteiger partial charge in [0.2, 0.25) is 12.1 Å². The van der Waals surface area contributed by atoms with Gasteiger partial charge in [0.25, 0.3) is 0 Å². The number of piperidine rings is 1. The van der Waals surface area contributed by atoms with Crippen LogP contribution in [0.15, 0.2) is 79.3 Å². The number of carbonyl (C=O) groups excluding carboxylic acids is 1. The third-order valence-corrected chi connectivity index (χ3v) is 6.43. The van der Waals surface area contributed by atoms with Crippen LogP contribution < -0.4 is 10.2 Å². The molecule has 0 bridgehead atoms. The second kappa shape index (κ2) is 10.1. The van der Waals surface area contributed by atoms with E-state index in [-0.39, 0.29) is 23.1 Å². The van der Waals surface area contributed by atoms with Gasteiger partial charge in [0.05, 0.1) is 18.1 Å². The fourth-order valence-electron chi connectivity index (χ4n) is 4.46. The van der Waals surface area contributed by atoms with Crippen LogP contribution in [0.3, 0.4) is 0 Å². The molecule has 2 aliphatic heterocycles. The lowest BCUT2D eigenvalue weighted by molar-refractivity contribution is -0.125. The molecular formula is C27H26F2N4O2. The van der Waals surface area contributed by atoms with E-state index in [0.29, 0.717) is 38.0 Å². The van der Waals surface area contributed by atoms with E-state index in [9.17, 15) is 4.79 Å². The molecular weight excluding hydrogens is 450 g/mol. The number of carbonyl (C=O) groups is 1. The van der Waals surface area contributed by atoms with Crippen molar-refractivity contribution >= 4 is 11.6 Å². The van der Waals surface area contributed by atoms with Crippen molar-refractivity contribution in [1.29, 1.82) is 0 Å². The van der Waals surface area contributed by atoms with Gasteiger partial charge in [0, 0.05) is 42.9 Å². The summed E-state index contributed by atoms with van der Waals surface area (Å²) >= 11 is 0. The molecule has 8 heteroatoms. The minimum absolute atomic E-state index is 0.000189. The van der Waals surface area contributed by atoms with Gasteiger partial charge in [-0.3, -0.25) is 4.79 Å². The van der Waals surface area contributed by atoms with E-state index in [1.165, 1.54) is 6.20 Å². The Hall–Kier alpha value is -3.94. The summed E-state index contributed by atoms with van der Waals surface area (Å²) in [6, 6.07) is 12.9. The van der Waals surface area contributed by atoms with Crippen LogP contribution in [0.25, 0.3) is 11.1 Å². The molecule has 1 saturated heterocycles. The van der Waals surface area contributed by atoms with Crippen molar-refractivity contribution in [2.75, 3.05) is 18.0 Å². The van der Waals surface area contributed by atoms with E-state index < -0.39 is 17.9 Å². The molecule has 1 unspecified atom stereocenters. The number of hydrogen-bond donors (Lipinski definition) is 1. The molecule has 2 aromatic carbocycles. The van der Waals surface area contributed by atoms with Crippen molar-refractivity contribution in [1.82, 2.24) is 15.1 Å². The van der Waals surface area contributed by atoms with Crippen LogP contribution in [0.4, 0.5) is 14.5 Å². The van der Waals surface area contributed by atoms with E-state index >= 15 is 8.78 Å². The lowest BCUT2D eigenvalue weighted by Gasteiger charge is -2.33. The molecule has 180 valence electrons. The zero-order valence-corrected chi connectivity index (χ0v) is 19.1. The maximum atomic E-state index is 15.1. The molecule has 35 heavy (non-hydrogen) atoms. The second-order valence-electron chi connectivity index (χ2n) is 8.67. The van der Waals surface area contributed by atoms with E-state index in [4.69, 9.17) is 4.74 Å². The molecule has 1 atom stereocenters. The molecule has 5 rings (SSSR count). The third-order valence-electron chi connectivity index (χ3n) is 6.43. The smallest absolute Gasteiger partial charge is 0.223 e. The van der Waals surface area contributed by atoms with Crippen LogP contribution in [0, 0.1) is 17.6 Å². The molecule has 2 aliphatic rings. The Kier molecular flexibility index (Phi) is 6.61. The number of nitrogens with one attached hydrogen (secondary N) is 1. The Morgan fingerprint density at radius 2 is 1.86 bits per heavy atom. The van der Waals surface area contributed by atoms with E-state index in [2.05, 4.69) is 10.4 Å². The topological polar surface area (TPSA) is 59.4 Å². The summed E-state index contributed by atoms with van der Waals surface area (Å²) in [5.74, 6) is -1.94. The molecule has 1 fully saturated rings. The van der Waals surface area contributed by atoms with Gasteiger partial charge in [0.15, 0.2) is 11.6 Å². The van der Waals surface area contributed by atoms with E-state index in [0.717, 1.165) is 5.56 Å². The normalized spacial score (nSPS) is 17.9. The van der Waals surface area contributed by atoms with Crippen molar-refractivity contribution in [2.45, 2.75) is 25.6 Å². The highest BCUT2D eigenvalue weighted by atomic mass is 19.2. The quantitative estimate of drug-likeness (QED) is 0.546. The first-order valence-corrected chi connectivity index (χ1v) is 11.7. The summed E-state index contributed by atoms with van der Waals surface area (Å²) in [4.78, 5) is 14.4. The lowest BCUT2D eigenvalue weighted by atomic mass is 9.95. The maximum Gasteiger partial charge on any atom is 0.223 e. The number of aromatic nitrogens is 2. The summed E-state index contributed by atoms with van der Waals surface area (Å²) in [7, 11) is 0. The highest BCUT2D eigenvalue weighted by Crippen LogP contribution is 2.33. The van der Waals surface area contributed by atoms with Gasteiger partial charge >= 0.3 is 0 Å². The number of anilines is 1. The molecule has 3 heterocycles. The Morgan fingerprint density at radius 1 is 1.06 bits per heavy atom. The number of rotatable bonds is 6. The largest absolute Gasteiger partial charge is 0.473 e. The van der Waals surface area contributed by atoms with Gasteiger partial charge < -0.3 is 15.0 Å². The third kappa shape index (κ3) is 4.96. The monoisotopic (exact) mass is 476 g/mol. The number of hydrogen-bond acceptors (Lipinski definition) is 4. The van der Waals surface area contributed by atoms with Crippen LogP contribution in [0.2, 0.25) is 0 Å². The molecule has 1 aromatic heterocycles. The molecule has 0 saturated carbocycles. The molecule has 0 radical (unpaired) electrons. The molecule has 1 amide bonds. The minimum Gasteiger partial charge on any atom is -0.473 e. The number of ether oxygens (including phenoxy) is 1. The van der Waals surface area contributed by atoms with Crippen LogP contribution in [0.1, 0.15) is 24.6 Å². The van der Waals surface area contributed by atoms with Crippen LogP contribution in [0.5, 0.6) is 0 Å². The number of amides is 1. The molecule has 1 N–H and O–H groups in total. The summed E-state index contributed by atoms with van der Waals surface area (Å²) in [5, 5.41) is 7.21. The SMILES string of the molecule is O=C(NCc1ccccc1)C1CCN(c2ccc(-c3cnn(C4C=CC=CO4)c3)c(F)c2F)CC1. The summed E-state index contributed by atoms with van der Waals surface area (Å²) < 4.78 is 37.2. The number of halogens is 2. The van der Waals surface area contributed by atoms with Crippen molar-refractivity contribution in [3.05, 3.63) is 96.5 Å². The lowest BCUT2D eigenvalue weighted by Crippen LogP contribution is -2.40. The van der Waals surface area contributed by atoms with Crippen molar-refractivity contribution in [3.63, 3.8) is 0 Å². The Morgan fingerprint density at radius 3 is 2.60 bits per heavy atom. The fraction of sp³-hybridized carbons (Fsp3) is 0.259. The molecule has 0 spiro atoms. The average molecular weight is 477 g/mol. The first-order valence-electron chi connectivity index (χ1n) is 11.7. The summed E-state index contributed by atoms with van der Waals surface area (Å²) in [5.41, 5.74) is 1.86. The van der Waals surface area contributed by atoms with Crippen LogP contribution in [-0.2, 0) is 16.1 Å². The Bertz CT molecular complexity index is 1250. The predicted octanol–water partition coefficient (Wildman–Crippen LogP) is 4.96. The van der Waals surface area contributed by atoms with Gasteiger partial charge in [-0.05, 0) is 42.7 Å². The van der Waals surface area contributed by atoms with Gasteiger partial charge in [-0.25, -0.2) is 13.5 Å². The molecule has 0 aliphatic carbocycles. The van der Waals surface area contributed by atoms with Gasteiger partial charge in [-0.1, -0.05) is 36.4 Å². The first kappa shape index (κ1) is 22.8. The second-order valence-corrected chi connectivity index (χ2v) is 8.67. The highest BCUT2D eigenvalue weighted by Gasteiger charge is 2.28. The number of benzene rings is 2. The van der Waals surface area contributed by atoms with Crippen molar-refractivity contribution in [2.24, 2.45) is 5.92 Å². The van der Waals surface area contributed by atoms with Crippen molar-refractivity contribution in [3.8, 4) is 11.1 Å². The highest BCUT2D eigenvalue weighted by molar-refractivity contribution is 5.79. The zero-order chi connectivity index (χ0) is 24.2. The Labute approximate surface area is 202 Å². The van der Waals surface area contributed by atoms with Gasteiger partial charge in [-0.2, -0.15) is 5.10 Å². The number of nitrogens with zero attached hydrogens (tertiary/aromatic N) is 3. The van der Waals surface area contributed by atoms with Crippen LogP contribution >= 0.6 is 0 Å². The Balaban J connectivity index is 1.22. The molecule has 6 nitrogen and oxygen atoms in total. The zero-order valence-electron chi connectivity index (χ0n) is 19.1. The molecule has 3 aromatic rings. The average Bonchev–Trinajstić information content (AvgIpc) is 3.40. The minimum atomic E-state index is -0.912. The van der Waals surface area contributed by atoms with Gasteiger partial charge in [0.1, 0.15) is 0 Å². The number of allylic oxidation sites excluding steroid dienone is 2. The predicted molar refractivity (Wildman–Crippen MR) is 129 cm³/mol. The summed E-state index contributed by atoms with van der Waals surface area (Å²) in [6.07, 6.45) is 10.8. The van der Waals surface area contributed by atoms with Crippen molar-refractivity contribution < 1.29 is 18.3 Å². The first-order chi connectivity index (χ1) is 17.1. The maximum absolute atomic E-state index is 15.1.